The average molecular weight is 475 g/mol. The second kappa shape index (κ2) is 14.0. The van der Waals surface area contributed by atoms with Crippen molar-refractivity contribution in [3.63, 3.8) is 0 Å². The van der Waals surface area contributed by atoms with Crippen LogP contribution >= 0.6 is 0 Å². The zero-order chi connectivity index (χ0) is 25.9. The maximum Gasteiger partial charge on any atom is 0.326 e. The molecule has 0 saturated carbocycles. The van der Waals surface area contributed by atoms with E-state index >= 15 is 0 Å². The van der Waals surface area contributed by atoms with Crippen LogP contribution < -0.4 is 27.4 Å². The monoisotopic (exact) mass is 475 g/mol. The van der Waals surface area contributed by atoms with Gasteiger partial charge in [0, 0.05) is 6.42 Å². The summed E-state index contributed by atoms with van der Waals surface area (Å²) in [5, 5.41) is 34.4. The Kier molecular flexibility index (Phi) is 12.6. The number of rotatable bonds is 15. The summed E-state index contributed by atoms with van der Waals surface area (Å²) in [7, 11) is 0. The Morgan fingerprint density at radius 2 is 1.30 bits per heavy atom. The minimum absolute atomic E-state index is 0.0991. The zero-order valence-electron chi connectivity index (χ0n) is 18.7. The molecule has 0 heterocycles. The number of carboxylic acids is 2. The van der Waals surface area contributed by atoms with Crippen LogP contribution in [0.25, 0.3) is 0 Å². The van der Waals surface area contributed by atoms with E-state index in [1.54, 1.807) is 13.8 Å². The third-order valence-corrected chi connectivity index (χ3v) is 4.47. The second-order valence-corrected chi connectivity index (χ2v) is 8.02. The molecule has 5 atom stereocenters. The molecule has 0 bridgehead atoms. The largest absolute Gasteiger partial charge is 0.481 e. The number of carboxylic acid groups (broad SMARTS) is 2. The SMILES string of the molecule is CC(C)CC(NC(=O)C(N)C(C)O)C(=O)NC(CC(=O)O)C(=O)NC(CCC(N)=O)C(=O)O. The molecule has 5 unspecified atom stereocenters. The highest BCUT2D eigenvalue weighted by atomic mass is 16.4. The van der Waals surface area contributed by atoms with Crippen LogP contribution in [-0.4, -0.2) is 81.2 Å². The molecule has 188 valence electrons. The molecule has 0 spiro atoms. The summed E-state index contributed by atoms with van der Waals surface area (Å²) in [5.74, 6) is -6.70. The molecule has 14 nitrogen and oxygen atoms in total. The van der Waals surface area contributed by atoms with Gasteiger partial charge in [0.15, 0.2) is 0 Å². The lowest BCUT2D eigenvalue weighted by Gasteiger charge is -2.25. The van der Waals surface area contributed by atoms with E-state index in [0.29, 0.717) is 0 Å². The van der Waals surface area contributed by atoms with Gasteiger partial charge in [-0.05, 0) is 25.7 Å². The van der Waals surface area contributed by atoms with Gasteiger partial charge < -0.3 is 42.7 Å². The molecule has 0 rings (SSSR count). The van der Waals surface area contributed by atoms with E-state index in [2.05, 4.69) is 16.0 Å². The van der Waals surface area contributed by atoms with Crippen LogP contribution in [0.15, 0.2) is 0 Å². The molecular weight excluding hydrogens is 442 g/mol. The fourth-order valence-corrected chi connectivity index (χ4v) is 2.66. The first kappa shape index (κ1) is 29.7. The minimum Gasteiger partial charge on any atom is -0.481 e. The molecule has 0 aromatic rings. The highest BCUT2D eigenvalue weighted by Gasteiger charge is 2.32. The zero-order valence-corrected chi connectivity index (χ0v) is 18.7. The van der Waals surface area contributed by atoms with Crippen molar-refractivity contribution in [2.75, 3.05) is 0 Å². The van der Waals surface area contributed by atoms with Crippen molar-refractivity contribution in [3.05, 3.63) is 0 Å². The Morgan fingerprint density at radius 3 is 1.73 bits per heavy atom. The molecule has 0 aliphatic carbocycles. The van der Waals surface area contributed by atoms with Crippen molar-refractivity contribution >= 4 is 35.6 Å². The van der Waals surface area contributed by atoms with Crippen molar-refractivity contribution in [2.45, 2.75) is 76.7 Å². The molecule has 0 fully saturated rings. The molecule has 4 amide bonds. The lowest BCUT2D eigenvalue weighted by Crippen LogP contribution is -2.58. The van der Waals surface area contributed by atoms with Gasteiger partial charge in [0.1, 0.15) is 24.2 Å². The van der Waals surface area contributed by atoms with Crippen LogP contribution in [0.1, 0.15) is 46.5 Å². The average Bonchev–Trinajstić information content (AvgIpc) is 2.67. The minimum atomic E-state index is -1.68. The molecule has 33 heavy (non-hydrogen) atoms. The number of aliphatic carboxylic acids is 2. The van der Waals surface area contributed by atoms with Gasteiger partial charge in [-0.2, -0.15) is 0 Å². The predicted molar refractivity (Wildman–Crippen MR) is 113 cm³/mol. The number of carbonyl (C=O) groups excluding carboxylic acids is 4. The predicted octanol–water partition coefficient (Wildman–Crippen LogP) is -2.98. The highest BCUT2D eigenvalue weighted by molar-refractivity contribution is 5.95. The third kappa shape index (κ3) is 11.8. The standard InChI is InChI=1S/C19H33N5O9/c1-8(2)6-11(24-18(31)15(21)9(3)25)16(29)23-12(7-14(27)28)17(30)22-10(19(32)33)4-5-13(20)26/h8-12,15,25H,4-7,21H2,1-3H3,(H2,20,26)(H,22,30)(H,23,29)(H,24,31)(H,27,28)(H,32,33). The van der Waals surface area contributed by atoms with E-state index in [4.69, 9.17) is 16.6 Å². The lowest BCUT2D eigenvalue weighted by molar-refractivity contribution is -0.144. The third-order valence-electron chi connectivity index (χ3n) is 4.47. The number of aliphatic hydroxyl groups excluding tert-OH is 1. The summed E-state index contributed by atoms with van der Waals surface area (Å²) in [6.45, 7) is 4.78. The molecule has 0 aromatic carbocycles. The van der Waals surface area contributed by atoms with Crippen LogP contribution in [0.2, 0.25) is 0 Å². The summed E-state index contributed by atoms with van der Waals surface area (Å²) >= 11 is 0. The van der Waals surface area contributed by atoms with Crippen molar-refractivity contribution in [1.82, 2.24) is 16.0 Å². The van der Waals surface area contributed by atoms with Crippen LogP contribution in [0.4, 0.5) is 0 Å². The number of hydrogen-bond donors (Lipinski definition) is 8. The Bertz CT molecular complexity index is 741. The number of primary amides is 1. The Morgan fingerprint density at radius 1 is 0.818 bits per heavy atom. The summed E-state index contributed by atoms with van der Waals surface area (Å²) in [6, 6.07) is -5.76. The van der Waals surface area contributed by atoms with Crippen molar-refractivity contribution in [1.29, 1.82) is 0 Å². The maximum absolute atomic E-state index is 12.8. The Balaban J connectivity index is 5.54. The number of nitrogens with one attached hydrogen (secondary N) is 3. The summed E-state index contributed by atoms with van der Waals surface area (Å²) in [6.07, 6.45) is -2.67. The molecule has 0 aromatic heterocycles. The normalized spacial score (nSPS) is 15.5. The van der Waals surface area contributed by atoms with Gasteiger partial charge in [0.05, 0.1) is 12.5 Å². The molecule has 0 saturated heterocycles. The van der Waals surface area contributed by atoms with Crippen LogP contribution in [0.5, 0.6) is 0 Å². The van der Waals surface area contributed by atoms with E-state index in [0.717, 1.165) is 0 Å². The Hall–Kier alpha value is -3.26. The molecular formula is C19H33N5O9. The summed E-state index contributed by atoms with van der Waals surface area (Å²) in [5.41, 5.74) is 10.5. The number of hydrogen-bond acceptors (Lipinski definition) is 8. The van der Waals surface area contributed by atoms with Gasteiger partial charge in [-0.1, -0.05) is 13.8 Å². The molecule has 10 N–H and O–H groups in total. The number of aliphatic hydroxyl groups is 1. The van der Waals surface area contributed by atoms with E-state index in [1.807, 2.05) is 0 Å². The van der Waals surface area contributed by atoms with Crippen molar-refractivity contribution in [3.8, 4) is 0 Å². The fraction of sp³-hybridized carbons (Fsp3) is 0.684. The first-order valence-corrected chi connectivity index (χ1v) is 10.2. The van der Waals surface area contributed by atoms with Gasteiger partial charge in [0.2, 0.25) is 23.6 Å². The maximum atomic E-state index is 12.8. The van der Waals surface area contributed by atoms with Gasteiger partial charge in [-0.25, -0.2) is 4.79 Å². The topological polar surface area (TPSA) is 251 Å². The molecule has 0 radical (unpaired) electrons. The lowest BCUT2D eigenvalue weighted by atomic mass is 10.0. The molecule has 0 aliphatic heterocycles. The van der Waals surface area contributed by atoms with E-state index in [9.17, 15) is 39.0 Å². The van der Waals surface area contributed by atoms with E-state index in [-0.39, 0.29) is 25.2 Å². The number of carbonyl (C=O) groups is 6. The van der Waals surface area contributed by atoms with Crippen molar-refractivity contribution < 1.29 is 44.1 Å². The highest BCUT2D eigenvalue weighted by Crippen LogP contribution is 2.08. The first-order chi connectivity index (χ1) is 15.1. The van der Waals surface area contributed by atoms with Gasteiger partial charge in [0.25, 0.3) is 0 Å². The number of nitrogens with two attached hydrogens (primary N) is 2. The quantitative estimate of drug-likeness (QED) is 0.119. The van der Waals surface area contributed by atoms with Crippen LogP contribution in [0, 0.1) is 5.92 Å². The van der Waals surface area contributed by atoms with Crippen LogP contribution in [0.3, 0.4) is 0 Å². The van der Waals surface area contributed by atoms with Crippen molar-refractivity contribution in [2.24, 2.45) is 17.4 Å². The van der Waals surface area contributed by atoms with Crippen LogP contribution in [-0.2, 0) is 28.8 Å². The number of amides is 4. The van der Waals surface area contributed by atoms with Gasteiger partial charge in [-0.3, -0.25) is 24.0 Å². The second-order valence-electron chi connectivity index (χ2n) is 8.02. The summed E-state index contributed by atoms with van der Waals surface area (Å²) in [4.78, 5) is 70.9. The summed E-state index contributed by atoms with van der Waals surface area (Å²) < 4.78 is 0. The van der Waals surface area contributed by atoms with E-state index < -0.39 is 72.3 Å². The Labute approximate surface area is 190 Å². The van der Waals surface area contributed by atoms with Gasteiger partial charge >= 0.3 is 11.9 Å². The molecule has 14 heteroatoms. The van der Waals surface area contributed by atoms with Gasteiger partial charge in [-0.15, -0.1) is 0 Å². The van der Waals surface area contributed by atoms with E-state index in [1.165, 1.54) is 6.92 Å². The smallest absolute Gasteiger partial charge is 0.326 e. The first-order valence-electron chi connectivity index (χ1n) is 10.2. The molecule has 0 aliphatic rings. The fourth-order valence-electron chi connectivity index (χ4n) is 2.66.